The number of fused-ring (bicyclic) bond motifs is 3. The molecule has 0 saturated carbocycles. The lowest BCUT2D eigenvalue weighted by molar-refractivity contribution is -0.0771. The summed E-state index contributed by atoms with van der Waals surface area (Å²) < 4.78 is 6.23. The van der Waals surface area contributed by atoms with Crippen LogP contribution in [0, 0.1) is 0 Å². The molecule has 1 saturated heterocycles. The number of ether oxygens (including phenoxy) is 1. The highest BCUT2D eigenvalue weighted by molar-refractivity contribution is 7.14. The van der Waals surface area contributed by atoms with Gasteiger partial charge in [-0.25, -0.2) is 0 Å². The van der Waals surface area contributed by atoms with Gasteiger partial charge in [-0.05, 0) is 61.2 Å². The smallest absolute Gasteiger partial charge is 0.261 e. The fourth-order valence-electron chi connectivity index (χ4n) is 4.50. The highest BCUT2D eigenvalue weighted by atomic mass is 35.5. The summed E-state index contributed by atoms with van der Waals surface area (Å²) in [7, 11) is 0. The Labute approximate surface area is 193 Å². The number of rotatable bonds is 3. The van der Waals surface area contributed by atoms with Crippen molar-refractivity contribution >= 4 is 42.1 Å². The normalized spacial score (nSPS) is 19.1. The summed E-state index contributed by atoms with van der Waals surface area (Å²) in [6, 6.07) is 4.24. The Morgan fingerprint density at radius 2 is 1.97 bits per heavy atom. The molecule has 0 unspecified atom stereocenters. The Balaban J connectivity index is 0.00000128. The van der Waals surface area contributed by atoms with Gasteiger partial charge in [-0.15, -0.1) is 36.2 Å². The number of halogens is 2. The Morgan fingerprint density at radius 1 is 1.13 bits per heavy atom. The molecule has 30 heavy (non-hydrogen) atoms. The number of nitrogens with one attached hydrogen (secondary N) is 3. The van der Waals surface area contributed by atoms with Gasteiger partial charge in [0.25, 0.3) is 5.91 Å². The van der Waals surface area contributed by atoms with Crippen LogP contribution in [0.3, 0.4) is 0 Å². The average molecular weight is 471 g/mol. The molecule has 2 aromatic heterocycles. The van der Waals surface area contributed by atoms with Gasteiger partial charge in [0, 0.05) is 42.8 Å². The zero-order chi connectivity index (χ0) is 19.0. The molecule has 3 aliphatic heterocycles. The van der Waals surface area contributed by atoms with Crippen LogP contribution >= 0.6 is 36.2 Å². The van der Waals surface area contributed by atoms with Gasteiger partial charge in [-0.3, -0.25) is 9.78 Å². The van der Waals surface area contributed by atoms with Crippen molar-refractivity contribution in [3.8, 4) is 0 Å². The van der Waals surface area contributed by atoms with Crippen LogP contribution in [-0.2, 0) is 36.3 Å². The van der Waals surface area contributed by atoms with Crippen molar-refractivity contribution in [3.63, 3.8) is 0 Å². The van der Waals surface area contributed by atoms with Crippen molar-refractivity contribution in [3.05, 3.63) is 50.5 Å². The molecule has 2 aromatic rings. The number of aromatic nitrogens is 1. The predicted octanol–water partition coefficient (Wildman–Crippen LogP) is 2.71. The minimum absolute atomic E-state index is 0. The maximum absolute atomic E-state index is 12.8. The molecule has 1 amide bonds. The highest BCUT2D eigenvalue weighted by Gasteiger charge is 2.41. The fourth-order valence-corrected chi connectivity index (χ4v) is 5.83. The van der Waals surface area contributed by atoms with Gasteiger partial charge >= 0.3 is 0 Å². The first-order chi connectivity index (χ1) is 13.7. The van der Waals surface area contributed by atoms with Crippen LogP contribution < -0.4 is 16.0 Å². The van der Waals surface area contributed by atoms with Gasteiger partial charge in [0.2, 0.25) is 0 Å². The van der Waals surface area contributed by atoms with E-state index in [-0.39, 0.29) is 36.3 Å². The third kappa shape index (κ3) is 4.52. The molecule has 0 aliphatic carbocycles. The lowest BCUT2D eigenvalue weighted by Crippen LogP contribution is -2.43. The third-order valence-electron chi connectivity index (χ3n) is 6.03. The summed E-state index contributed by atoms with van der Waals surface area (Å²) >= 11 is 1.62. The van der Waals surface area contributed by atoms with Crippen molar-refractivity contribution in [1.29, 1.82) is 0 Å². The zero-order valence-electron chi connectivity index (χ0n) is 16.8. The fraction of sp³-hybridized carbons (Fsp3) is 0.524. The van der Waals surface area contributed by atoms with Gasteiger partial charge in [-0.1, -0.05) is 0 Å². The summed E-state index contributed by atoms with van der Waals surface area (Å²) in [5.41, 5.74) is 4.58. The van der Waals surface area contributed by atoms with Crippen LogP contribution in [0.2, 0.25) is 0 Å². The van der Waals surface area contributed by atoms with Crippen LogP contribution in [0.25, 0.3) is 0 Å². The summed E-state index contributed by atoms with van der Waals surface area (Å²) in [5.74, 6) is -0.000620. The van der Waals surface area contributed by atoms with Crippen molar-refractivity contribution in [1.82, 2.24) is 20.9 Å². The van der Waals surface area contributed by atoms with E-state index in [1.165, 1.54) is 21.7 Å². The topological polar surface area (TPSA) is 75.3 Å². The number of carbonyl (C=O) groups excluding carboxylic acids is 1. The Kier molecular flexibility index (Phi) is 7.76. The van der Waals surface area contributed by atoms with Gasteiger partial charge < -0.3 is 20.7 Å². The monoisotopic (exact) mass is 470 g/mol. The van der Waals surface area contributed by atoms with E-state index in [0.29, 0.717) is 6.54 Å². The molecule has 0 radical (unpaired) electrons. The number of thiophene rings is 1. The van der Waals surface area contributed by atoms with E-state index in [1.54, 1.807) is 11.3 Å². The second-order valence-corrected chi connectivity index (χ2v) is 8.92. The number of carbonyl (C=O) groups is 1. The van der Waals surface area contributed by atoms with E-state index in [9.17, 15) is 4.79 Å². The van der Waals surface area contributed by atoms with E-state index in [1.807, 2.05) is 6.20 Å². The standard InChI is InChI=1S/C21H26N4O2S.2ClH/c26-20(25-12-14-9-16-13-23-5-1-17(16)24-11-14)18-10-15-2-8-27-21(19(15)28-18)3-6-22-7-4-21;;/h9-11,22-23H,1-8,12-13H2,(H,25,26);2*1H. The van der Waals surface area contributed by atoms with E-state index < -0.39 is 0 Å². The van der Waals surface area contributed by atoms with Crippen LogP contribution in [0.1, 0.15) is 49.8 Å². The van der Waals surface area contributed by atoms with Gasteiger partial charge in [0.1, 0.15) is 5.60 Å². The van der Waals surface area contributed by atoms with Crippen molar-refractivity contribution < 1.29 is 9.53 Å². The number of pyridine rings is 1. The highest BCUT2D eigenvalue weighted by Crippen LogP contribution is 2.44. The maximum Gasteiger partial charge on any atom is 0.261 e. The van der Waals surface area contributed by atoms with Crippen LogP contribution in [0.4, 0.5) is 0 Å². The molecule has 1 fully saturated rings. The van der Waals surface area contributed by atoms with E-state index >= 15 is 0 Å². The Bertz CT molecular complexity index is 899. The summed E-state index contributed by atoms with van der Waals surface area (Å²) in [4.78, 5) is 19.4. The molecular weight excluding hydrogens is 443 g/mol. The molecule has 3 aliphatic rings. The van der Waals surface area contributed by atoms with Gasteiger partial charge in [0.15, 0.2) is 0 Å². The Hall–Kier alpha value is -1.22. The molecule has 9 heteroatoms. The molecule has 0 aromatic carbocycles. The van der Waals surface area contributed by atoms with E-state index in [0.717, 1.165) is 68.9 Å². The number of piperidine rings is 1. The molecule has 3 N–H and O–H groups in total. The molecule has 1 spiro atoms. The van der Waals surface area contributed by atoms with Crippen molar-refractivity contribution in [2.24, 2.45) is 0 Å². The molecular formula is C21H28Cl2N4O2S. The van der Waals surface area contributed by atoms with Crippen LogP contribution in [-0.4, -0.2) is 37.1 Å². The predicted molar refractivity (Wildman–Crippen MR) is 123 cm³/mol. The summed E-state index contributed by atoms with van der Waals surface area (Å²) in [6.07, 6.45) is 5.73. The quantitative estimate of drug-likeness (QED) is 0.642. The lowest BCUT2D eigenvalue weighted by Gasteiger charge is -2.40. The first-order valence-electron chi connectivity index (χ1n) is 10.2. The summed E-state index contributed by atoms with van der Waals surface area (Å²) in [5, 5.41) is 9.87. The van der Waals surface area contributed by atoms with Crippen LogP contribution in [0.15, 0.2) is 18.3 Å². The Morgan fingerprint density at radius 3 is 2.80 bits per heavy atom. The number of hydrogen-bond acceptors (Lipinski definition) is 6. The first kappa shape index (κ1) is 23.4. The van der Waals surface area contributed by atoms with Gasteiger partial charge in [0.05, 0.1) is 11.5 Å². The maximum atomic E-state index is 12.8. The van der Waals surface area contributed by atoms with Crippen molar-refractivity contribution in [2.75, 3.05) is 26.2 Å². The molecule has 5 rings (SSSR count). The molecule has 0 atom stereocenters. The second kappa shape index (κ2) is 9.94. The SMILES string of the molecule is Cl.Cl.O=C(NCc1cnc2c(c1)CNCC2)c1cc2c(s1)C1(CCNCC1)OCC2. The molecule has 0 bridgehead atoms. The minimum Gasteiger partial charge on any atom is -0.369 e. The number of hydrogen-bond donors (Lipinski definition) is 3. The van der Waals surface area contributed by atoms with E-state index in [4.69, 9.17) is 4.74 Å². The van der Waals surface area contributed by atoms with Crippen molar-refractivity contribution in [2.45, 2.75) is 44.4 Å². The first-order valence-corrected chi connectivity index (χ1v) is 11.0. The van der Waals surface area contributed by atoms with E-state index in [2.05, 4.69) is 33.1 Å². The molecule has 5 heterocycles. The molecule has 6 nitrogen and oxygen atoms in total. The average Bonchev–Trinajstić information content (AvgIpc) is 3.19. The minimum atomic E-state index is -0.183. The second-order valence-electron chi connectivity index (χ2n) is 7.87. The zero-order valence-corrected chi connectivity index (χ0v) is 19.2. The lowest BCUT2D eigenvalue weighted by atomic mass is 9.86. The summed E-state index contributed by atoms with van der Waals surface area (Å²) in [6.45, 7) is 5.05. The largest absolute Gasteiger partial charge is 0.369 e. The number of amides is 1. The van der Waals surface area contributed by atoms with Crippen LogP contribution in [0.5, 0.6) is 0 Å². The third-order valence-corrected chi connectivity index (χ3v) is 7.39. The van der Waals surface area contributed by atoms with Gasteiger partial charge in [-0.2, -0.15) is 0 Å². The molecule has 164 valence electrons. The number of nitrogens with zero attached hydrogens (tertiary/aromatic N) is 1.